The molecular weight excluding hydrogens is 124 g/mol. The summed E-state index contributed by atoms with van der Waals surface area (Å²) in [6.45, 7) is 1.94. The molecule has 0 spiro atoms. The van der Waals surface area contributed by atoms with Crippen molar-refractivity contribution in [3.05, 3.63) is 24.3 Å². The topological polar surface area (TPSA) is 38.0 Å². The predicted molar refractivity (Wildman–Crippen MR) is 41.6 cm³/mol. The highest BCUT2D eigenvalue weighted by Crippen LogP contribution is 2.24. The van der Waals surface area contributed by atoms with Crippen LogP contribution in [0, 0.1) is 5.92 Å². The fourth-order valence-electron chi connectivity index (χ4n) is 1.63. The fourth-order valence-corrected chi connectivity index (χ4v) is 1.63. The first-order chi connectivity index (χ1) is 4.81. The minimum absolute atomic E-state index is 0.0885. The Labute approximate surface area is 60.8 Å². The molecule has 0 amide bonds. The van der Waals surface area contributed by atoms with Gasteiger partial charge in [0.05, 0.1) is 5.54 Å². The molecule has 2 rings (SSSR count). The Bertz CT molecular complexity index is 195. The summed E-state index contributed by atoms with van der Waals surface area (Å²) in [6.07, 6.45) is 8.38. The zero-order valence-corrected chi connectivity index (χ0v) is 5.88. The molecule has 2 atom stereocenters. The number of nitrogens with one attached hydrogen (secondary N) is 1. The van der Waals surface area contributed by atoms with Crippen molar-refractivity contribution in [3.63, 3.8) is 0 Å². The summed E-state index contributed by atoms with van der Waals surface area (Å²) in [4.78, 5) is 0. The minimum atomic E-state index is -0.0885. The van der Waals surface area contributed by atoms with Gasteiger partial charge in [-0.15, -0.1) is 0 Å². The summed E-state index contributed by atoms with van der Waals surface area (Å²) >= 11 is 0. The summed E-state index contributed by atoms with van der Waals surface area (Å²) in [5.41, 5.74) is 5.98. The van der Waals surface area contributed by atoms with Crippen LogP contribution >= 0.6 is 0 Å². The van der Waals surface area contributed by atoms with Crippen molar-refractivity contribution in [1.82, 2.24) is 5.32 Å². The Balaban J connectivity index is 2.30. The van der Waals surface area contributed by atoms with Gasteiger partial charge in [0.1, 0.15) is 0 Å². The second-order valence-corrected chi connectivity index (χ2v) is 3.09. The van der Waals surface area contributed by atoms with Gasteiger partial charge in [0.25, 0.3) is 0 Å². The van der Waals surface area contributed by atoms with E-state index < -0.39 is 0 Å². The van der Waals surface area contributed by atoms with E-state index in [9.17, 15) is 0 Å². The summed E-state index contributed by atoms with van der Waals surface area (Å²) in [5, 5.41) is 3.28. The van der Waals surface area contributed by atoms with Gasteiger partial charge < -0.3 is 11.1 Å². The number of allylic oxidation sites excluding steroid dienone is 2. The van der Waals surface area contributed by atoms with Crippen LogP contribution in [-0.4, -0.2) is 18.6 Å². The van der Waals surface area contributed by atoms with Crippen LogP contribution in [0.1, 0.15) is 0 Å². The molecule has 0 aromatic carbocycles. The molecule has 0 saturated carbocycles. The molecule has 1 aliphatic carbocycles. The Morgan fingerprint density at radius 1 is 1.50 bits per heavy atom. The molecule has 1 saturated heterocycles. The molecule has 1 aliphatic heterocycles. The molecule has 0 radical (unpaired) electrons. The average Bonchev–Trinajstić information content (AvgIpc) is 2.29. The van der Waals surface area contributed by atoms with E-state index in [1.807, 2.05) is 6.08 Å². The lowest BCUT2D eigenvalue weighted by molar-refractivity contribution is 0.489. The molecule has 2 heteroatoms. The standard InChI is InChI=1S/C8H12N2/c9-8-4-2-1-3-7(8)5-10-6-8/h1-4,7,10H,5-6,9H2/t7-,8-/m1/s1. The van der Waals surface area contributed by atoms with Gasteiger partial charge in [-0.05, 0) is 0 Å². The summed E-state index contributed by atoms with van der Waals surface area (Å²) in [7, 11) is 0. The van der Waals surface area contributed by atoms with E-state index in [1.165, 1.54) is 0 Å². The van der Waals surface area contributed by atoms with Crippen molar-refractivity contribution >= 4 is 0 Å². The quantitative estimate of drug-likeness (QED) is 0.493. The molecule has 10 heavy (non-hydrogen) atoms. The van der Waals surface area contributed by atoms with Crippen LogP contribution in [0.2, 0.25) is 0 Å². The van der Waals surface area contributed by atoms with E-state index in [-0.39, 0.29) is 5.54 Å². The number of rotatable bonds is 0. The molecular formula is C8H12N2. The molecule has 0 unspecified atom stereocenters. The molecule has 1 fully saturated rings. The largest absolute Gasteiger partial charge is 0.320 e. The lowest BCUT2D eigenvalue weighted by atomic mass is 9.85. The molecule has 2 nitrogen and oxygen atoms in total. The number of hydrogen-bond donors (Lipinski definition) is 2. The summed E-state index contributed by atoms with van der Waals surface area (Å²) in [6, 6.07) is 0. The van der Waals surface area contributed by atoms with Crippen LogP contribution in [0.15, 0.2) is 24.3 Å². The van der Waals surface area contributed by atoms with E-state index in [0.29, 0.717) is 5.92 Å². The van der Waals surface area contributed by atoms with Crippen molar-refractivity contribution in [1.29, 1.82) is 0 Å². The first-order valence-corrected chi connectivity index (χ1v) is 3.67. The Morgan fingerprint density at radius 2 is 2.40 bits per heavy atom. The van der Waals surface area contributed by atoms with Gasteiger partial charge in [0.2, 0.25) is 0 Å². The molecule has 0 aromatic heterocycles. The van der Waals surface area contributed by atoms with E-state index in [4.69, 9.17) is 5.73 Å². The number of fused-ring (bicyclic) bond motifs is 1. The van der Waals surface area contributed by atoms with Gasteiger partial charge >= 0.3 is 0 Å². The van der Waals surface area contributed by atoms with Gasteiger partial charge in [0.15, 0.2) is 0 Å². The second-order valence-electron chi connectivity index (χ2n) is 3.09. The molecule has 54 valence electrons. The van der Waals surface area contributed by atoms with Gasteiger partial charge in [-0.3, -0.25) is 0 Å². The lowest BCUT2D eigenvalue weighted by Crippen LogP contribution is -2.45. The molecule has 1 heterocycles. The van der Waals surface area contributed by atoms with Gasteiger partial charge in [-0.1, -0.05) is 24.3 Å². The number of hydrogen-bond acceptors (Lipinski definition) is 2. The van der Waals surface area contributed by atoms with Crippen LogP contribution in [0.25, 0.3) is 0 Å². The molecule has 0 aromatic rings. The van der Waals surface area contributed by atoms with Crippen molar-refractivity contribution in [2.45, 2.75) is 5.54 Å². The van der Waals surface area contributed by atoms with E-state index in [2.05, 4.69) is 23.5 Å². The predicted octanol–water partition coefficient (Wildman–Crippen LogP) is 0.0293. The fraction of sp³-hybridized carbons (Fsp3) is 0.500. The first-order valence-electron chi connectivity index (χ1n) is 3.67. The Hall–Kier alpha value is -0.600. The van der Waals surface area contributed by atoms with Crippen LogP contribution in [0.3, 0.4) is 0 Å². The Morgan fingerprint density at radius 3 is 3.20 bits per heavy atom. The zero-order valence-electron chi connectivity index (χ0n) is 5.88. The third kappa shape index (κ3) is 0.728. The van der Waals surface area contributed by atoms with Crippen LogP contribution in [-0.2, 0) is 0 Å². The first kappa shape index (κ1) is 6.13. The SMILES string of the molecule is N[C@@]12C=CC=C[C@@H]1CNC2. The van der Waals surface area contributed by atoms with Crippen molar-refractivity contribution in [2.75, 3.05) is 13.1 Å². The second kappa shape index (κ2) is 1.94. The number of nitrogens with two attached hydrogens (primary N) is 1. The minimum Gasteiger partial charge on any atom is -0.320 e. The highest BCUT2D eigenvalue weighted by atomic mass is 15.0. The molecule has 0 bridgehead atoms. The highest BCUT2D eigenvalue weighted by Gasteiger charge is 2.36. The highest BCUT2D eigenvalue weighted by molar-refractivity contribution is 5.26. The maximum atomic E-state index is 6.06. The van der Waals surface area contributed by atoms with Crippen LogP contribution < -0.4 is 11.1 Å². The van der Waals surface area contributed by atoms with E-state index >= 15 is 0 Å². The third-order valence-electron chi connectivity index (χ3n) is 2.35. The normalized spacial score (nSPS) is 43.9. The summed E-state index contributed by atoms with van der Waals surface area (Å²) < 4.78 is 0. The van der Waals surface area contributed by atoms with Gasteiger partial charge in [-0.25, -0.2) is 0 Å². The maximum Gasteiger partial charge on any atom is 0.0544 e. The van der Waals surface area contributed by atoms with Crippen molar-refractivity contribution in [2.24, 2.45) is 11.7 Å². The van der Waals surface area contributed by atoms with E-state index in [0.717, 1.165) is 13.1 Å². The van der Waals surface area contributed by atoms with Gasteiger partial charge in [-0.2, -0.15) is 0 Å². The third-order valence-corrected chi connectivity index (χ3v) is 2.35. The average molecular weight is 136 g/mol. The summed E-state index contributed by atoms with van der Waals surface area (Å²) in [5.74, 6) is 0.512. The molecule has 3 N–H and O–H groups in total. The lowest BCUT2D eigenvalue weighted by Gasteiger charge is -2.26. The van der Waals surface area contributed by atoms with Gasteiger partial charge in [0, 0.05) is 19.0 Å². The van der Waals surface area contributed by atoms with Crippen LogP contribution in [0.4, 0.5) is 0 Å². The smallest absolute Gasteiger partial charge is 0.0544 e. The maximum absolute atomic E-state index is 6.06. The molecule has 2 aliphatic rings. The Kier molecular flexibility index (Phi) is 1.19. The van der Waals surface area contributed by atoms with Crippen LogP contribution in [0.5, 0.6) is 0 Å². The zero-order chi connectivity index (χ0) is 7.03. The van der Waals surface area contributed by atoms with Crippen molar-refractivity contribution < 1.29 is 0 Å². The van der Waals surface area contributed by atoms with Crippen molar-refractivity contribution in [3.8, 4) is 0 Å². The van der Waals surface area contributed by atoms with E-state index in [1.54, 1.807) is 0 Å². The monoisotopic (exact) mass is 136 g/mol.